The predicted molar refractivity (Wildman–Crippen MR) is 249 cm³/mol. The van der Waals surface area contributed by atoms with Crippen molar-refractivity contribution in [1.82, 2.24) is 29.5 Å². The monoisotopic (exact) mass is 778 g/mol. The summed E-state index contributed by atoms with van der Waals surface area (Å²) in [7, 11) is 0. The fourth-order valence-corrected chi connectivity index (χ4v) is 8.78. The third kappa shape index (κ3) is 5.92. The first-order valence-corrected chi connectivity index (χ1v) is 20.4. The largest absolute Gasteiger partial charge is 0.309 e. The highest BCUT2D eigenvalue weighted by Crippen LogP contribution is 2.40. The van der Waals surface area contributed by atoms with Crippen LogP contribution >= 0.6 is 0 Å². The zero-order chi connectivity index (χ0) is 40.3. The molecule has 0 unspecified atom stereocenters. The number of para-hydroxylation sites is 1. The summed E-state index contributed by atoms with van der Waals surface area (Å²) in [6.45, 7) is 0. The normalized spacial score (nSPS) is 11.6. The molecule has 12 aromatic rings. The van der Waals surface area contributed by atoms with E-state index in [4.69, 9.17) is 24.9 Å². The summed E-state index contributed by atoms with van der Waals surface area (Å²) in [5.74, 6) is 1.95. The van der Waals surface area contributed by atoms with Gasteiger partial charge >= 0.3 is 0 Å². The van der Waals surface area contributed by atoms with Gasteiger partial charge in [0.15, 0.2) is 17.5 Å². The molecule has 6 heteroatoms. The number of hydrogen-bond acceptors (Lipinski definition) is 5. The first-order chi connectivity index (χ1) is 30.2. The molecule has 0 N–H and O–H groups in total. The van der Waals surface area contributed by atoms with E-state index in [1.165, 1.54) is 27.1 Å². The van der Waals surface area contributed by atoms with Crippen LogP contribution in [0.15, 0.2) is 207 Å². The molecule has 0 radical (unpaired) electrons. The van der Waals surface area contributed by atoms with E-state index in [2.05, 4.69) is 138 Å². The van der Waals surface area contributed by atoms with Crippen molar-refractivity contribution >= 4 is 54.4 Å². The molecule has 0 fully saturated rings. The van der Waals surface area contributed by atoms with Gasteiger partial charge in [0.25, 0.3) is 0 Å². The predicted octanol–water partition coefficient (Wildman–Crippen LogP) is 13.6. The van der Waals surface area contributed by atoms with Gasteiger partial charge in [0.1, 0.15) is 0 Å². The van der Waals surface area contributed by atoms with Gasteiger partial charge in [-0.05, 0) is 63.4 Å². The Hall–Kier alpha value is -8.35. The summed E-state index contributed by atoms with van der Waals surface area (Å²) >= 11 is 0. The number of rotatable bonds is 6. The maximum Gasteiger partial charge on any atom is 0.164 e. The SMILES string of the molecule is c1ccc(-c2nc(-c3ccccc3)nc(-c3ccc(-c4ccc(-c5ccc(-n6c7ccccc7c7cc8c9ccccc9c9nccnc9c8cc76)cc5)cc4)cc3)n2)cc1. The minimum atomic E-state index is 0.642. The van der Waals surface area contributed by atoms with Gasteiger partial charge in [0, 0.05) is 56.3 Å². The summed E-state index contributed by atoms with van der Waals surface area (Å²) < 4.78 is 2.37. The second-order valence-corrected chi connectivity index (χ2v) is 15.3. The molecule has 0 amide bonds. The molecule has 0 aliphatic heterocycles. The summed E-state index contributed by atoms with van der Waals surface area (Å²) in [4.78, 5) is 24.3. The van der Waals surface area contributed by atoms with Gasteiger partial charge < -0.3 is 4.57 Å². The second kappa shape index (κ2) is 14.2. The molecular formula is C55H34N6. The van der Waals surface area contributed by atoms with Crippen LogP contribution < -0.4 is 0 Å². The summed E-state index contributed by atoms with van der Waals surface area (Å²) in [5.41, 5.74) is 12.7. The van der Waals surface area contributed by atoms with E-state index in [1.54, 1.807) is 12.4 Å². The average Bonchev–Trinajstić information content (AvgIpc) is 3.67. The van der Waals surface area contributed by atoms with Gasteiger partial charge in [-0.3, -0.25) is 9.97 Å². The molecule has 61 heavy (non-hydrogen) atoms. The van der Waals surface area contributed by atoms with Crippen LogP contribution in [0.1, 0.15) is 0 Å². The molecule has 0 bridgehead atoms. The van der Waals surface area contributed by atoms with E-state index in [0.717, 1.165) is 72.0 Å². The maximum atomic E-state index is 4.90. The van der Waals surface area contributed by atoms with Crippen molar-refractivity contribution in [3.8, 4) is 62.1 Å². The highest BCUT2D eigenvalue weighted by Gasteiger charge is 2.18. The van der Waals surface area contributed by atoms with Crippen LogP contribution in [0.3, 0.4) is 0 Å². The first kappa shape index (κ1) is 34.7. The fourth-order valence-electron chi connectivity index (χ4n) is 8.78. The molecule has 12 rings (SSSR count). The van der Waals surface area contributed by atoms with Gasteiger partial charge in [-0.1, -0.05) is 164 Å². The molecule has 9 aromatic carbocycles. The molecular weight excluding hydrogens is 745 g/mol. The molecule has 0 aliphatic rings. The van der Waals surface area contributed by atoms with Crippen LogP contribution in [0.2, 0.25) is 0 Å². The van der Waals surface area contributed by atoms with Crippen molar-refractivity contribution in [2.75, 3.05) is 0 Å². The highest BCUT2D eigenvalue weighted by molar-refractivity contribution is 6.27. The van der Waals surface area contributed by atoms with E-state index in [0.29, 0.717) is 17.5 Å². The number of fused-ring (bicyclic) bond motifs is 9. The number of benzene rings is 9. The van der Waals surface area contributed by atoms with Crippen molar-refractivity contribution < 1.29 is 0 Å². The summed E-state index contributed by atoms with van der Waals surface area (Å²) in [5, 5.41) is 7.03. The molecule has 0 saturated heterocycles. The van der Waals surface area contributed by atoms with Crippen LogP contribution in [0.5, 0.6) is 0 Å². The van der Waals surface area contributed by atoms with Gasteiger partial charge in [-0.25, -0.2) is 15.0 Å². The Bertz CT molecular complexity index is 3540. The Morgan fingerprint density at radius 1 is 0.279 bits per heavy atom. The van der Waals surface area contributed by atoms with Gasteiger partial charge in [0.05, 0.1) is 22.1 Å². The molecule has 3 aromatic heterocycles. The van der Waals surface area contributed by atoms with Crippen molar-refractivity contribution in [3.05, 3.63) is 207 Å². The summed E-state index contributed by atoms with van der Waals surface area (Å²) in [6.07, 6.45) is 3.57. The first-order valence-electron chi connectivity index (χ1n) is 20.4. The van der Waals surface area contributed by atoms with Crippen molar-refractivity contribution in [1.29, 1.82) is 0 Å². The van der Waals surface area contributed by atoms with Gasteiger partial charge in [-0.15, -0.1) is 0 Å². The zero-order valence-electron chi connectivity index (χ0n) is 32.8. The van der Waals surface area contributed by atoms with Crippen molar-refractivity contribution in [2.45, 2.75) is 0 Å². The Morgan fingerprint density at radius 2 is 0.705 bits per heavy atom. The average molecular weight is 779 g/mol. The van der Waals surface area contributed by atoms with Gasteiger partial charge in [-0.2, -0.15) is 0 Å². The fraction of sp³-hybridized carbons (Fsp3) is 0. The lowest BCUT2D eigenvalue weighted by Crippen LogP contribution is -2.00. The Labute approximate surface area is 351 Å². The Morgan fingerprint density at radius 3 is 1.26 bits per heavy atom. The van der Waals surface area contributed by atoms with E-state index < -0.39 is 0 Å². The topological polar surface area (TPSA) is 69.4 Å². The zero-order valence-corrected chi connectivity index (χ0v) is 32.8. The van der Waals surface area contributed by atoms with Crippen LogP contribution in [0.4, 0.5) is 0 Å². The molecule has 0 atom stereocenters. The van der Waals surface area contributed by atoms with Crippen molar-refractivity contribution in [2.24, 2.45) is 0 Å². The minimum absolute atomic E-state index is 0.642. The van der Waals surface area contributed by atoms with E-state index in [-0.39, 0.29) is 0 Å². The lowest BCUT2D eigenvalue weighted by molar-refractivity contribution is 1.07. The van der Waals surface area contributed by atoms with Crippen LogP contribution in [-0.2, 0) is 0 Å². The highest BCUT2D eigenvalue weighted by atomic mass is 15.0. The van der Waals surface area contributed by atoms with Crippen LogP contribution in [0, 0.1) is 0 Å². The quantitative estimate of drug-likeness (QED) is 0.157. The minimum Gasteiger partial charge on any atom is -0.309 e. The third-order valence-electron chi connectivity index (χ3n) is 11.8. The Kier molecular flexibility index (Phi) is 8.06. The third-order valence-corrected chi connectivity index (χ3v) is 11.8. The lowest BCUT2D eigenvalue weighted by atomic mass is 9.97. The van der Waals surface area contributed by atoms with Gasteiger partial charge in [0.2, 0.25) is 0 Å². The van der Waals surface area contributed by atoms with Crippen molar-refractivity contribution in [3.63, 3.8) is 0 Å². The van der Waals surface area contributed by atoms with E-state index >= 15 is 0 Å². The standard InChI is InChI=1S/C55H34N6/c1-3-11-39(12-4-1)53-58-54(40-13-5-2-6-14-40)60-55(59-53)41-25-23-37(24-26-41)35-19-21-36(22-20-35)38-27-29-42(30-28-38)61-49-18-10-9-16-44(49)47-33-46-43-15-7-8-17-45(43)51-52(57-32-31-56-51)48(46)34-50(47)61/h1-34H. The molecule has 284 valence electrons. The van der Waals surface area contributed by atoms with Crippen LogP contribution in [0.25, 0.3) is 116 Å². The molecule has 3 heterocycles. The second-order valence-electron chi connectivity index (χ2n) is 15.3. The molecule has 6 nitrogen and oxygen atoms in total. The smallest absolute Gasteiger partial charge is 0.164 e. The summed E-state index contributed by atoms with van der Waals surface area (Å²) in [6, 6.07) is 68.1. The number of hydrogen-bond donors (Lipinski definition) is 0. The maximum absolute atomic E-state index is 4.90. The Balaban J connectivity index is 0.868. The van der Waals surface area contributed by atoms with E-state index in [1.807, 2.05) is 60.7 Å². The lowest BCUT2D eigenvalue weighted by Gasteiger charge is -2.12. The van der Waals surface area contributed by atoms with Crippen LogP contribution in [-0.4, -0.2) is 29.5 Å². The number of aromatic nitrogens is 6. The number of nitrogens with zero attached hydrogens (tertiary/aromatic N) is 6. The molecule has 0 saturated carbocycles. The molecule has 0 aliphatic carbocycles. The molecule has 0 spiro atoms. The van der Waals surface area contributed by atoms with E-state index in [9.17, 15) is 0 Å².